The quantitative estimate of drug-likeness (QED) is 0.870. The summed E-state index contributed by atoms with van der Waals surface area (Å²) in [5.74, 6) is 0.717. The van der Waals surface area contributed by atoms with Crippen LogP contribution in [0.3, 0.4) is 0 Å². The average molecular weight is 329 g/mol. The number of anilines is 1. The Balaban J connectivity index is 2.06. The number of thioether (sulfide) groups is 1. The minimum absolute atomic E-state index is 0.183. The standard InChI is InChI=1S/C13H19N3O3S2/c1-10-9-16(7-8-20-10)15-21(18,19)13-5-3-12(4-6-13)14-11(2)17/h3-6,10,15H,7-9H2,1-2H3,(H,14,17). The van der Waals surface area contributed by atoms with Gasteiger partial charge in [-0.1, -0.05) is 6.92 Å². The molecule has 2 N–H and O–H groups in total. The van der Waals surface area contributed by atoms with E-state index >= 15 is 0 Å². The number of hydrogen-bond acceptors (Lipinski definition) is 5. The molecule has 1 heterocycles. The minimum Gasteiger partial charge on any atom is -0.326 e. The Kier molecular flexibility index (Phi) is 5.26. The summed E-state index contributed by atoms with van der Waals surface area (Å²) in [6.07, 6.45) is 0. The molecule has 1 atom stereocenters. The highest BCUT2D eigenvalue weighted by Gasteiger charge is 2.22. The Labute approximate surface area is 129 Å². The molecule has 0 bridgehead atoms. The molecule has 0 spiro atoms. The first-order valence-electron chi connectivity index (χ1n) is 6.63. The number of carbonyl (C=O) groups excluding carboxylic acids is 1. The van der Waals surface area contributed by atoms with Gasteiger partial charge in [0.1, 0.15) is 0 Å². The zero-order chi connectivity index (χ0) is 15.5. The lowest BCUT2D eigenvalue weighted by molar-refractivity contribution is -0.114. The largest absolute Gasteiger partial charge is 0.326 e. The van der Waals surface area contributed by atoms with Crippen LogP contribution in [0.1, 0.15) is 13.8 Å². The van der Waals surface area contributed by atoms with Crippen molar-refractivity contribution < 1.29 is 13.2 Å². The minimum atomic E-state index is -3.57. The van der Waals surface area contributed by atoms with Crippen molar-refractivity contribution >= 4 is 33.4 Å². The monoisotopic (exact) mass is 329 g/mol. The highest BCUT2D eigenvalue weighted by molar-refractivity contribution is 8.00. The van der Waals surface area contributed by atoms with E-state index in [0.717, 1.165) is 5.75 Å². The second kappa shape index (κ2) is 6.78. The van der Waals surface area contributed by atoms with E-state index in [1.807, 2.05) is 11.8 Å². The van der Waals surface area contributed by atoms with Crippen molar-refractivity contribution in [3.8, 4) is 0 Å². The predicted octanol–water partition coefficient (Wildman–Crippen LogP) is 1.28. The maximum Gasteiger partial charge on any atom is 0.253 e. The number of benzene rings is 1. The maximum atomic E-state index is 12.3. The SMILES string of the molecule is CC(=O)Nc1ccc(S(=O)(=O)NN2CCSC(C)C2)cc1. The van der Waals surface area contributed by atoms with E-state index in [9.17, 15) is 13.2 Å². The van der Waals surface area contributed by atoms with E-state index in [2.05, 4.69) is 17.1 Å². The molecule has 6 nitrogen and oxygen atoms in total. The molecule has 1 aromatic rings. The van der Waals surface area contributed by atoms with Gasteiger partial charge in [-0.3, -0.25) is 4.79 Å². The fourth-order valence-electron chi connectivity index (χ4n) is 2.04. The zero-order valence-corrected chi connectivity index (χ0v) is 13.6. The summed E-state index contributed by atoms with van der Waals surface area (Å²) >= 11 is 1.83. The molecule has 1 aliphatic rings. The van der Waals surface area contributed by atoms with Gasteiger partial charge in [-0.15, -0.1) is 4.83 Å². The van der Waals surface area contributed by atoms with E-state index in [1.54, 1.807) is 17.1 Å². The second-order valence-corrected chi connectivity index (χ2v) is 8.13. The zero-order valence-electron chi connectivity index (χ0n) is 12.0. The van der Waals surface area contributed by atoms with Gasteiger partial charge in [-0.25, -0.2) is 13.4 Å². The number of sulfonamides is 1. The number of nitrogens with zero attached hydrogens (tertiary/aromatic N) is 1. The van der Waals surface area contributed by atoms with Crippen molar-refractivity contribution in [1.82, 2.24) is 9.84 Å². The van der Waals surface area contributed by atoms with E-state index in [1.165, 1.54) is 19.1 Å². The number of hydrazine groups is 1. The second-order valence-electron chi connectivity index (χ2n) is 4.93. The molecule has 0 aromatic heterocycles. The van der Waals surface area contributed by atoms with Gasteiger partial charge in [0.2, 0.25) is 5.91 Å². The lowest BCUT2D eigenvalue weighted by Gasteiger charge is -2.30. The molecule has 8 heteroatoms. The molecule has 1 fully saturated rings. The van der Waals surface area contributed by atoms with Crippen molar-refractivity contribution in [2.45, 2.75) is 24.0 Å². The molecule has 116 valence electrons. The van der Waals surface area contributed by atoms with Gasteiger partial charge in [0.05, 0.1) is 4.90 Å². The molecular weight excluding hydrogens is 310 g/mol. The maximum absolute atomic E-state index is 12.3. The lowest BCUT2D eigenvalue weighted by Crippen LogP contribution is -2.48. The number of rotatable bonds is 4. The van der Waals surface area contributed by atoms with Crippen LogP contribution in [-0.4, -0.2) is 43.4 Å². The summed E-state index contributed by atoms with van der Waals surface area (Å²) < 4.78 is 24.6. The third-order valence-electron chi connectivity index (χ3n) is 2.98. The molecule has 0 aliphatic carbocycles. The third-order valence-corrected chi connectivity index (χ3v) is 5.50. The Morgan fingerprint density at radius 2 is 2.00 bits per heavy atom. The molecule has 1 aromatic carbocycles. The van der Waals surface area contributed by atoms with Crippen LogP contribution in [0.15, 0.2) is 29.2 Å². The van der Waals surface area contributed by atoms with Gasteiger partial charge in [0, 0.05) is 36.7 Å². The smallest absolute Gasteiger partial charge is 0.253 e. The Hall–Kier alpha value is -1.09. The summed E-state index contributed by atoms with van der Waals surface area (Å²) in [7, 11) is -3.57. The normalized spacial score (nSPS) is 20.2. The average Bonchev–Trinajstić information content (AvgIpc) is 2.38. The van der Waals surface area contributed by atoms with Gasteiger partial charge in [-0.05, 0) is 24.3 Å². The number of hydrogen-bond donors (Lipinski definition) is 2. The molecule has 2 rings (SSSR count). The molecule has 0 saturated carbocycles. The van der Waals surface area contributed by atoms with Crippen LogP contribution in [0.2, 0.25) is 0 Å². The number of nitrogens with one attached hydrogen (secondary N) is 2. The third kappa shape index (κ3) is 4.70. The van der Waals surface area contributed by atoms with Crippen LogP contribution in [0, 0.1) is 0 Å². The van der Waals surface area contributed by atoms with Crippen LogP contribution in [0.4, 0.5) is 5.69 Å². The number of carbonyl (C=O) groups is 1. The molecule has 1 amide bonds. The first-order chi connectivity index (χ1) is 9.87. The highest BCUT2D eigenvalue weighted by atomic mass is 32.2. The lowest BCUT2D eigenvalue weighted by atomic mass is 10.3. The molecular formula is C13H19N3O3S2. The molecule has 1 unspecified atom stereocenters. The van der Waals surface area contributed by atoms with Gasteiger partial charge in [0.15, 0.2) is 0 Å². The predicted molar refractivity (Wildman–Crippen MR) is 84.6 cm³/mol. The Morgan fingerprint density at radius 1 is 1.33 bits per heavy atom. The van der Waals surface area contributed by atoms with Gasteiger partial charge < -0.3 is 5.32 Å². The van der Waals surface area contributed by atoms with Gasteiger partial charge in [0.25, 0.3) is 10.0 Å². The Morgan fingerprint density at radius 3 is 2.57 bits per heavy atom. The van der Waals surface area contributed by atoms with Gasteiger partial charge in [-0.2, -0.15) is 11.8 Å². The van der Waals surface area contributed by atoms with E-state index < -0.39 is 10.0 Å². The van der Waals surface area contributed by atoms with Crippen LogP contribution in [0.25, 0.3) is 0 Å². The van der Waals surface area contributed by atoms with Crippen molar-refractivity contribution in [1.29, 1.82) is 0 Å². The van der Waals surface area contributed by atoms with Crippen molar-refractivity contribution in [3.63, 3.8) is 0 Å². The van der Waals surface area contributed by atoms with Crippen molar-refractivity contribution in [2.24, 2.45) is 0 Å². The Bertz CT molecular complexity index is 602. The first kappa shape index (κ1) is 16.3. The van der Waals surface area contributed by atoms with Crippen molar-refractivity contribution in [2.75, 3.05) is 24.2 Å². The molecule has 0 radical (unpaired) electrons. The highest BCUT2D eigenvalue weighted by Crippen LogP contribution is 2.18. The number of amides is 1. The summed E-state index contributed by atoms with van der Waals surface area (Å²) in [6, 6.07) is 6.11. The van der Waals surface area contributed by atoms with Crippen molar-refractivity contribution in [3.05, 3.63) is 24.3 Å². The summed E-state index contributed by atoms with van der Waals surface area (Å²) in [5.41, 5.74) is 0.574. The molecule has 1 saturated heterocycles. The van der Waals surface area contributed by atoms with Crippen LogP contribution >= 0.6 is 11.8 Å². The fourth-order valence-corrected chi connectivity index (χ4v) is 4.16. The van der Waals surface area contributed by atoms with E-state index in [4.69, 9.17) is 0 Å². The van der Waals surface area contributed by atoms with Crippen LogP contribution in [0.5, 0.6) is 0 Å². The van der Waals surface area contributed by atoms with Crippen LogP contribution in [-0.2, 0) is 14.8 Å². The fraction of sp³-hybridized carbons (Fsp3) is 0.462. The first-order valence-corrected chi connectivity index (χ1v) is 9.17. The summed E-state index contributed by atoms with van der Waals surface area (Å²) in [5, 5.41) is 4.74. The van der Waals surface area contributed by atoms with E-state index in [-0.39, 0.29) is 10.8 Å². The van der Waals surface area contributed by atoms with Gasteiger partial charge >= 0.3 is 0 Å². The topological polar surface area (TPSA) is 78.5 Å². The molecule has 21 heavy (non-hydrogen) atoms. The van der Waals surface area contributed by atoms with Crippen LogP contribution < -0.4 is 10.1 Å². The molecule has 1 aliphatic heterocycles. The summed E-state index contributed by atoms with van der Waals surface area (Å²) in [6.45, 7) is 4.86. The van der Waals surface area contributed by atoms with E-state index in [0.29, 0.717) is 24.0 Å². The summed E-state index contributed by atoms with van der Waals surface area (Å²) in [4.78, 5) is 13.7.